The Balaban J connectivity index is 1.80. The number of amides is 1. The number of hydrogen-bond acceptors (Lipinski definition) is 2. The smallest absolute Gasteiger partial charge is 0.309 e. The van der Waals surface area contributed by atoms with E-state index in [0.29, 0.717) is 25.9 Å². The summed E-state index contributed by atoms with van der Waals surface area (Å²) < 4.78 is 2.05. The summed E-state index contributed by atoms with van der Waals surface area (Å²) in [6.45, 7) is 4.31. The van der Waals surface area contributed by atoms with Crippen LogP contribution in [0.15, 0.2) is 36.5 Å². The number of aromatic nitrogens is 1. The number of nitrogens with zero attached hydrogens (tertiary/aromatic N) is 1. The number of fused-ring (bicyclic) bond motifs is 1. The fraction of sp³-hybridized carbons (Fsp3) is 0.412. The lowest BCUT2D eigenvalue weighted by Crippen LogP contribution is -2.32. The highest BCUT2D eigenvalue weighted by atomic mass is 16.4. The molecule has 0 fully saturated rings. The fourth-order valence-electron chi connectivity index (χ4n) is 2.27. The maximum Gasteiger partial charge on any atom is 0.309 e. The number of carbonyl (C=O) groups excluding carboxylic acids is 1. The highest BCUT2D eigenvalue weighted by molar-refractivity contribution is 5.80. The van der Waals surface area contributed by atoms with Crippen LogP contribution in [0.2, 0.25) is 0 Å². The first-order valence-corrected chi connectivity index (χ1v) is 7.44. The van der Waals surface area contributed by atoms with Crippen LogP contribution in [0.25, 0.3) is 10.9 Å². The third-order valence-electron chi connectivity index (χ3n) is 3.91. The molecule has 5 heteroatoms. The van der Waals surface area contributed by atoms with Crippen LogP contribution in [-0.4, -0.2) is 28.1 Å². The third-order valence-corrected chi connectivity index (χ3v) is 3.91. The minimum absolute atomic E-state index is 0.0565. The van der Waals surface area contributed by atoms with Gasteiger partial charge in [-0.15, -0.1) is 0 Å². The number of nitrogens with one attached hydrogen (secondary N) is 1. The summed E-state index contributed by atoms with van der Waals surface area (Å²) in [4.78, 5) is 22.8. The van der Waals surface area contributed by atoms with Crippen molar-refractivity contribution in [3.63, 3.8) is 0 Å². The maximum absolute atomic E-state index is 11.9. The van der Waals surface area contributed by atoms with Gasteiger partial charge in [0, 0.05) is 31.2 Å². The molecule has 2 rings (SSSR count). The summed E-state index contributed by atoms with van der Waals surface area (Å²) in [7, 11) is 0. The molecular formula is C17H22N2O3. The molecule has 2 aromatic rings. The Labute approximate surface area is 129 Å². The van der Waals surface area contributed by atoms with Gasteiger partial charge in [0.15, 0.2) is 0 Å². The van der Waals surface area contributed by atoms with E-state index in [1.54, 1.807) is 13.8 Å². The second kappa shape index (κ2) is 6.64. The second-order valence-corrected chi connectivity index (χ2v) is 6.11. The zero-order chi connectivity index (χ0) is 16.2. The van der Waals surface area contributed by atoms with Crippen LogP contribution >= 0.6 is 0 Å². The Kier molecular flexibility index (Phi) is 4.85. The molecule has 0 radical (unpaired) electrons. The third kappa shape index (κ3) is 3.87. The summed E-state index contributed by atoms with van der Waals surface area (Å²) in [5.74, 6) is -0.903. The molecule has 0 aliphatic rings. The SMILES string of the molecule is CC(C)(CCNC(=O)CCn1ccc2ccccc21)C(=O)O. The van der Waals surface area contributed by atoms with E-state index in [1.807, 2.05) is 36.5 Å². The van der Waals surface area contributed by atoms with Crippen molar-refractivity contribution in [2.24, 2.45) is 5.41 Å². The molecule has 1 amide bonds. The Bertz CT molecular complexity index is 673. The average Bonchev–Trinajstić information content (AvgIpc) is 2.88. The number of aryl methyl sites for hydroxylation is 1. The van der Waals surface area contributed by atoms with E-state index in [4.69, 9.17) is 5.11 Å². The Morgan fingerprint density at radius 3 is 2.68 bits per heavy atom. The van der Waals surface area contributed by atoms with Gasteiger partial charge in [-0.25, -0.2) is 0 Å². The highest BCUT2D eigenvalue weighted by Crippen LogP contribution is 2.19. The lowest BCUT2D eigenvalue weighted by atomic mass is 9.90. The molecule has 0 unspecified atom stereocenters. The van der Waals surface area contributed by atoms with Crippen LogP contribution in [0, 0.1) is 5.41 Å². The van der Waals surface area contributed by atoms with Crippen molar-refractivity contribution in [1.29, 1.82) is 0 Å². The van der Waals surface area contributed by atoms with Gasteiger partial charge in [0.25, 0.3) is 0 Å². The number of carboxylic acid groups (broad SMARTS) is 1. The zero-order valence-electron chi connectivity index (χ0n) is 13.0. The number of carbonyl (C=O) groups is 2. The van der Waals surface area contributed by atoms with Gasteiger partial charge < -0.3 is 15.0 Å². The molecule has 0 saturated carbocycles. The number of hydrogen-bond donors (Lipinski definition) is 2. The van der Waals surface area contributed by atoms with Gasteiger partial charge in [-0.05, 0) is 37.8 Å². The molecule has 22 heavy (non-hydrogen) atoms. The van der Waals surface area contributed by atoms with Crippen molar-refractivity contribution in [1.82, 2.24) is 9.88 Å². The number of rotatable bonds is 7. The topological polar surface area (TPSA) is 71.3 Å². The minimum atomic E-state index is -0.847. The number of aliphatic carboxylic acids is 1. The molecular weight excluding hydrogens is 280 g/mol. The van der Waals surface area contributed by atoms with E-state index in [2.05, 4.69) is 9.88 Å². The minimum Gasteiger partial charge on any atom is -0.481 e. The Morgan fingerprint density at radius 1 is 1.23 bits per heavy atom. The van der Waals surface area contributed by atoms with Crippen molar-refractivity contribution in [2.75, 3.05) is 6.54 Å². The molecule has 0 bridgehead atoms. The van der Waals surface area contributed by atoms with E-state index in [-0.39, 0.29) is 5.91 Å². The van der Waals surface area contributed by atoms with Crippen LogP contribution < -0.4 is 5.32 Å². The molecule has 1 aromatic heterocycles. The van der Waals surface area contributed by atoms with Crippen molar-refractivity contribution in [2.45, 2.75) is 33.2 Å². The monoisotopic (exact) mass is 302 g/mol. The standard InChI is InChI=1S/C17H22N2O3/c1-17(2,16(21)22)9-10-18-15(20)8-12-19-11-7-13-5-3-4-6-14(13)19/h3-7,11H,8-10,12H2,1-2H3,(H,18,20)(H,21,22). The van der Waals surface area contributed by atoms with Gasteiger partial charge in [-0.1, -0.05) is 18.2 Å². The first kappa shape index (κ1) is 16.1. The number of carboxylic acids is 1. The molecule has 0 aliphatic carbocycles. The molecule has 0 aliphatic heterocycles. The van der Waals surface area contributed by atoms with Crippen molar-refractivity contribution in [3.8, 4) is 0 Å². The summed E-state index contributed by atoms with van der Waals surface area (Å²) in [5, 5.41) is 13.0. The van der Waals surface area contributed by atoms with Crippen LogP contribution in [0.3, 0.4) is 0 Å². The van der Waals surface area contributed by atoms with Gasteiger partial charge in [0.2, 0.25) is 5.91 Å². The summed E-state index contributed by atoms with van der Waals surface area (Å²) >= 11 is 0. The molecule has 1 heterocycles. The van der Waals surface area contributed by atoms with E-state index in [1.165, 1.54) is 0 Å². The van der Waals surface area contributed by atoms with Crippen LogP contribution in [-0.2, 0) is 16.1 Å². The number of benzene rings is 1. The summed E-state index contributed by atoms with van der Waals surface area (Å²) in [6.07, 6.45) is 2.78. The second-order valence-electron chi connectivity index (χ2n) is 6.11. The molecule has 0 atom stereocenters. The lowest BCUT2D eigenvalue weighted by molar-refractivity contribution is -0.147. The van der Waals surface area contributed by atoms with Crippen molar-refractivity contribution in [3.05, 3.63) is 36.5 Å². The molecule has 0 spiro atoms. The molecule has 5 nitrogen and oxygen atoms in total. The summed E-state index contributed by atoms with van der Waals surface area (Å²) in [6, 6.07) is 10.1. The largest absolute Gasteiger partial charge is 0.481 e. The Hall–Kier alpha value is -2.30. The lowest BCUT2D eigenvalue weighted by Gasteiger charge is -2.18. The molecule has 118 valence electrons. The maximum atomic E-state index is 11.9. The van der Waals surface area contributed by atoms with Gasteiger partial charge in [-0.2, -0.15) is 0 Å². The van der Waals surface area contributed by atoms with Crippen molar-refractivity contribution >= 4 is 22.8 Å². The van der Waals surface area contributed by atoms with Crippen LogP contribution in [0.1, 0.15) is 26.7 Å². The van der Waals surface area contributed by atoms with Crippen LogP contribution in [0.4, 0.5) is 0 Å². The molecule has 2 N–H and O–H groups in total. The van der Waals surface area contributed by atoms with E-state index in [9.17, 15) is 9.59 Å². The quantitative estimate of drug-likeness (QED) is 0.826. The normalized spacial score (nSPS) is 11.5. The predicted octanol–water partition coefficient (Wildman–Crippen LogP) is 2.65. The zero-order valence-corrected chi connectivity index (χ0v) is 13.0. The molecule has 1 aromatic carbocycles. The van der Waals surface area contributed by atoms with E-state index < -0.39 is 11.4 Å². The van der Waals surface area contributed by atoms with Gasteiger partial charge in [-0.3, -0.25) is 9.59 Å². The highest BCUT2D eigenvalue weighted by Gasteiger charge is 2.26. The molecule has 0 saturated heterocycles. The Morgan fingerprint density at radius 2 is 1.95 bits per heavy atom. The van der Waals surface area contributed by atoms with Gasteiger partial charge in [0.05, 0.1) is 5.41 Å². The van der Waals surface area contributed by atoms with E-state index in [0.717, 1.165) is 10.9 Å². The van der Waals surface area contributed by atoms with Crippen LogP contribution in [0.5, 0.6) is 0 Å². The first-order chi connectivity index (χ1) is 10.4. The number of para-hydroxylation sites is 1. The summed E-state index contributed by atoms with van der Waals surface area (Å²) in [5.41, 5.74) is 0.298. The first-order valence-electron chi connectivity index (χ1n) is 7.44. The van der Waals surface area contributed by atoms with Gasteiger partial charge >= 0.3 is 5.97 Å². The average molecular weight is 302 g/mol. The van der Waals surface area contributed by atoms with Gasteiger partial charge in [0.1, 0.15) is 0 Å². The predicted molar refractivity (Wildman–Crippen MR) is 85.6 cm³/mol. The van der Waals surface area contributed by atoms with Crippen molar-refractivity contribution < 1.29 is 14.7 Å². The fourth-order valence-corrected chi connectivity index (χ4v) is 2.27. The van der Waals surface area contributed by atoms with E-state index >= 15 is 0 Å².